The maximum absolute atomic E-state index is 11.3. The van der Waals surface area contributed by atoms with Crippen molar-refractivity contribution in [3.8, 4) is 6.07 Å². The Morgan fingerprint density at radius 3 is 2.82 bits per heavy atom. The summed E-state index contributed by atoms with van der Waals surface area (Å²) in [6.07, 6.45) is 1.97. The molecule has 1 amide bonds. The van der Waals surface area contributed by atoms with Crippen molar-refractivity contribution in [1.82, 2.24) is 4.57 Å². The number of carbonyl (C=O) groups excluding carboxylic acids is 1. The van der Waals surface area contributed by atoms with Crippen molar-refractivity contribution < 1.29 is 4.79 Å². The molecule has 0 aliphatic heterocycles. The fourth-order valence-electron chi connectivity index (χ4n) is 2.47. The quantitative estimate of drug-likeness (QED) is 0.783. The lowest BCUT2D eigenvalue weighted by Gasteiger charge is -2.07. The molecule has 3 rings (SSSR count). The number of rotatable bonds is 3. The Labute approximate surface area is 135 Å². The minimum Gasteiger partial charge on any atom is -0.366 e. The molecule has 0 spiro atoms. The molecule has 1 aromatic heterocycles. The Kier molecular flexibility index (Phi) is 3.70. The van der Waals surface area contributed by atoms with Crippen LogP contribution in [0.15, 0.2) is 53.1 Å². The zero-order valence-corrected chi connectivity index (χ0v) is 13.2. The number of nitriles is 1. The van der Waals surface area contributed by atoms with Crippen LogP contribution < -0.4 is 5.73 Å². The van der Waals surface area contributed by atoms with Gasteiger partial charge < -0.3 is 10.3 Å². The minimum absolute atomic E-state index is 0.431. The van der Waals surface area contributed by atoms with Crippen molar-refractivity contribution in [2.75, 3.05) is 0 Å². The standard InChI is InChI=1S/C17H12BrN3O/c18-15-10-21(16-5-4-11(8-19)7-14(15)16)9-12-2-1-3-13(6-12)17(20)22/h1-7,10H,9H2,(H2,20,22). The number of halogens is 1. The summed E-state index contributed by atoms with van der Waals surface area (Å²) in [5, 5.41) is 9.99. The smallest absolute Gasteiger partial charge is 0.248 e. The topological polar surface area (TPSA) is 71.8 Å². The van der Waals surface area contributed by atoms with E-state index in [-0.39, 0.29) is 0 Å². The van der Waals surface area contributed by atoms with Gasteiger partial charge in [0.1, 0.15) is 0 Å². The highest BCUT2D eigenvalue weighted by molar-refractivity contribution is 9.10. The van der Waals surface area contributed by atoms with E-state index in [1.54, 1.807) is 18.2 Å². The first-order valence-corrected chi connectivity index (χ1v) is 7.45. The lowest BCUT2D eigenvalue weighted by molar-refractivity contribution is 0.1000. The number of primary amides is 1. The third kappa shape index (κ3) is 2.61. The van der Waals surface area contributed by atoms with Gasteiger partial charge in [0, 0.05) is 33.7 Å². The van der Waals surface area contributed by atoms with E-state index in [0.29, 0.717) is 17.7 Å². The highest BCUT2D eigenvalue weighted by Gasteiger charge is 2.09. The third-order valence-electron chi connectivity index (χ3n) is 3.53. The molecule has 0 saturated heterocycles. The van der Waals surface area contributed by atoms with Gasteiger partial charge in [0.2, 0.25) is 5.91 Å². The summed E-state index contributed by atoms with van der Waals surface area (Å²) in [6.45, 7) is 0.620. The molecule has 0 unspecified atom stereocenters. The average Bonchev–Trinajstić information content (AvgIpc) is 2.83. The van der Waals surface area contributed by atoms with E-state index in [2.05, 4.69) is 26.6 Å². The molecule has 0 saturated carbocycles. The van der Waals surface area contributed by atoms with Crippen LogP contribution in [-0.4, -0.2) is 10.5 Å². The van der Waals surface area contributed by atoms with Gasteiger partial charge in [-0.2, -0.15) is 5.26 Å². The summed E-state index contributed by atoms with van der Waals surface area (Å²) in [4.78, 5) is 11.3. The van der Waals surface area contributed by atoms with Crippen LogP contribution in [0, 0.1) is 11.3 Å². The van der Waals surface area contributed by atoms with Crippen molar-refractivity contribution in [2.45, 2.75) is 6.54 Å². The summed E-state index contributed by atoms with van der Waals surface area (Å²) in [6, 6.07) is 15.0. The highest BCUT2D eigenvalue weighted by atomic mass is 79.9. The molecule has 2 aromatic carbocycles. The Hall–Kier alpha value is -2.58. The largest absolute Gasteiger partial charge is 0.366 e. The molecule has 0 atom stereocenters. The van der Waals surface area contributed by atoms with Gasteiger partial charge in [-0.15, -0.1) is 0 Å². The Bertz CT molecular complexity index is 921. The van der Waals surface area contributed by atoms with Gasteiger partial charge in [-0.25, -0.2) is 0 Å². The van der Waals surface area contributed by atoms with Crippen LogP contribution in [0.5, 0.6) is 0 Å². The molecule has 0 radical (unpaired) electrons. The molecule has 1 heterocycles. The van der Waals surface area contributed by atoms with Crippen molar-refractivity contribution in [3.05, 3.63) is 69.8 Å². The summed E-state index contributed by atoms with van der Waals surface area (Å²) in [5.74, 6) is -0.431. The van der Waals surface area contributed by atoms with Crippen LogP contribution in [0.3, 0.4) is 0 Å². The third-order valence-corrected chi connectivity index (χ3v) is 4.16. The molecule has 4 nitrogen and oxygen atoms in total. The van der Waals surface area contributed by atoms with Crippen molar-refractivity contribution in [3.63, 3.8) is 0 Å². The van der Waals surface area contributed by atoms with Crippen LogP contribution in [0.1, 0.15) is 21.5 Å². The first-order chi connectivity index (χ1) is 10.6. The zero-order chi connectivity index (χ0) is 15.7. The van der Waals surface area contributed by atoms with Crippen LogP contribution in [0.2, 0.25) is 0 Å². The van der Waals surface area contributed by atoms with Crippen LogP contribution in [0.25, 0.3) is 10.9 Å². The van der Waals surface area contributed by atoms with Gasteiger partial charge in [0.05, 0.1) is 11.6 Å². The first kappa shape index (κ1) is 14.4. The number of hydrogen-bond donors (Lipinski definition) is 1. The number of carbonyl (C=O) groups is 1. The number of hydrogen-bond acceptors (Lipinski definition) is 2. The number of aromatic nitrogens is 1. The second kappa shape index (κ2) is 5.66. The molecule has 5 heteroatoms. The summed E-state index contributed by atoms with van der Waals surface area (Å²) in [7, 11) is 0. The Morgan fingerprint density at radius 1 is 1.27 bits per heavy atom. The molecule has 0 aliphatic carbocycles. The SMILES string of the molecule is N#Cc1ccc2c(c1)c(Br)cn2Cc1cccc(C(N)=O)c1. The zero-order valence-electron chi connectivity index (χ0n) is 11.6. The predicted molar refractivity (Wildman–Crippen MR) is 88.4 cm³/mol. The molecule has 108 valence electrons. The van der Waals surface area contributed by atoms with E-state index < -0.39 is 5.91 Å². The van der Waals surface area contributed by atoms with E-state index >= 15 is 0 Å². The molecule has 0 fully saturated rings. The van der Waals surface area contributed by atoms with E-state index in [1.807, 2.05) is 30.5 Å². The maximum Gasteiger partial charge on any atom is 0.248 e. The Morgan fingerprint density at radius 2 is 2.09 bits per heavy atom. The molecule has 22 heavy (non-hydrogen) atoms. The van der Waals surface area contributed by atoms with Crippen molar-refractivity contribution in [1.29, 1.82) is 5.26 Å². The number of benzene rings is 2. The molecule has 3 aromatic rings. The van der Waals surface area contributed by atoms with Gasteiger partial charge >= 0.3 is 0 Å². The van der Waals surface area contributed by atoms with Gasteiger partial charge in [0.15, 0.2) is 0 Å². The maximum atomic E-state index is 11.3. The summed E-state index contributed by atoms with van der Waals surface area (Å²) in [5.41, 5.74) is 8.46. The van der Waals surface area contributed by atoms with Gasteiger partial charge in [0.25, 0.3) is 0 Å². The minimum atomic E-state index is -0.431. The fourth-order valence-corrected chi connectivity index (χ4v) is 3.04. The van der Waals surface area contributed by atoms with Crippen LogP contribution in [0.4, 0.5) is 0 Å². The number of nitrogens with two attached hydrogens (primary N) is 1. The lowest BCUT2D eigenvalue weighted by Crippen LogP contribution is -2.11. The normalized spacial score (nSPS) is 10.5. The van der Waals surface area contributed by atoms with Crippen LogP contribution in [-0.2, 0) is 6.54 Å². The fraction of sp³-hybridized carbons (Fsp3) is 0.0588. The lowest BCUT2D eigenvalue weighted by atomic mass is 10.1. The van der Waals surface area contributed by atoms with E-state index in [4.69, 9.17) is 11.0 Å². The second-order valence-corrected chi connectivity index (χ2v) is 5.87. The van der Waals surface area contributed by atoms with Gasteiger partial charge in [-0.1, -0.05) is 12.1 Å². The molecular formula is C17H12BrN3O. The molecule has 0 aliphatic rings. The highest BCUT2D eigenvalue weighted by Crippen LogP contribution is 2.28. The molecule has 0 bridgehead atoms. The van der Waals surface area contributed by atoms with Crippen molar-refractivity contribution >= 4 is 32.7 Å². The average molecular weight is 354 g/mol. The first-order valence-electron chi connectivity index (χ1n) is 6.66. The second-order valence-electron chi connectivity index (χ2n) is 5.01. The van der Waals surface area contributed by atoms with Gasteiger partial charge in [-0.3, -0.25) is 4.79 Å². The Balaban J connectivity index is 2.03. The van der Waals surface area contributed by atoms with E-state index in [9.17, 15) is 4.79 Å². The van der Waals surface area contributed by atoms with Crippen molar-refractivity contribution in [2.24, 2.45) is 5.73 Å². The summed E-state index contributed by atoms with van der Waals surface area (Å²) < 4.78 is 3.01. The van der Waals surface area contributed by atoms with E-state index in [1.165, 1.54) is 0 Å². The number of nitrogens with zero attached hydrogens (tertiary/aromatic N) is 2. The number of amides is 1. The number of fused-ring (bicyclic) bond motifs is 1. The van der Waals surface area contributed by atoms with Crippen LogP contribution >= 0.6 is 15.9 Å². The predicted octanol–water partition coefficient (Wildman–Crippen LogP) is 3.42. The van der Waals surface area contributed by atoms with Gasteiger partial charge in [-0.05, 0) is 51.8 Å². The summed E-state index contributed by atoms with van der Waals surface area (Å²) >= 11 is 3.53. The monoisotopic (exact) mass is 353 g/mol. The molecule has 2 N–H and O–H groups in total. The van der Waals surface area contributed by atoms with E-state index in [0.717, 1.165) is 20.9 Å². The molecular weight excluding hydrogens is 342 g/mol.